The molecule has 4 atom stereocenters. The second kappa shape index (κ2) is 4.17. The summed E-state index contributed by atoms with van der Waals surface area (Å²) in [5, 5.41) is 10.4. The van der Waals surface area contributed by atoms with Crippen molar-refractivity contribution in [3.05, 3.63) is 34.9 Å². The van der Waals surface area contributed by atoms with Gasteiger partial charge in [-0.3, -0.25) is 4.79 Å². The van der Waals surface area contributed by atoms with E-state index in [1.54, 1.807) is 0 Å². The highest BCUT2D eigenvalue weighted by Gasteiger charge is 2.51. The van der Waals surface area contributed by atoms with Gasteiger partial charge in [-0.25, -0.2) is 0 Å². The first kappa shape index (κ1) is 8.33. The third-order valence-corrected chi connectivity index (χ3v) is 5.59. The third-order valence-electron chi connectivity index (χ3n) is 5.59. The number of aliphatic hydroxyl groups excluding tert-OH is 1. The average molecular weight is 275 g/mol. The van der Waals surface area contributed by atoms with E-state index < -0.39 is 30.7 Å². The van der Waals surface area contributed by atoms with Gasteiger partial charge in [-0.1, -0.05) is 19.1 Å². The lowest BCUT2D eigenvalue weighted by Gasteiger charge is -2.44. The molecule has 1 N–H and O–H groups in total. The zero-order valence-corrected chi connectivity index (χ0v) is 11.6. The van der Waals surface area contributed by atoms with Gasteiger partial charge in [-0.15, -0.1) is 0 Å². The molecular formula is C18H22O2. The molecule has 4 aliphatic rings. The van der Waals surface area contributed by atoms with Crippen LogP contribution in [0.2, 0.25) is 0 Å². The maximum atomic E-state index is 12.2. The van der Waals surface area contributed by atoms with Gasteiger partial charge in [0.05, 0.1) is 7.47 Å². The van der Waals surface area contributed by atoms with E-state index in [4.69, 9.17) is 6.85 Å². The summed E-state index contributed by atoms with van der Waals surface area (Å²) in [7, 11) is 0. The zero-order chi connectivity index (χ0) is 18.4. The molecule has 4 aliphatic carbocycles. The van der Waals surface area contributed by atoms with E-state index in [0.29, 0.717) is 12.0 Å². The Morgan fingerprint density at radius 3 is 3.10 bits per heavy atom. The topological polar surface area (TPSA) is 37.3 Å². The Kier molecular flexibility index (Phi) is 1.74. The van der Waals surface area contributed by atoms with Gasteiger partial charge < -0.3 is 5.11 Å². The van der Waals surface area contributed by atoms with Crippen LogP contribution < -0.4 is 0 Å². The monoisotopic (exact) mass is 275 g/mol. The summed E-state index contributed by atoms with van der Waals surface area (Å²) in [6.45, 7) is 2.01. The van der Waals surface area contributed by atoms with Crippen molar-refractivity contribution in [1.29, 1.82) is 0 Å². The molecule has 0 unspecified atom stereocenters. The molecule has 20 heavy (non-hydrogen) atoms. The van der Waals surface area contributed by atoms with Gasteiger partial charge in [0.2, 0.25) is 0 Å². The second-order valence-electron chi connectivity index (χ2n) is 6.50. The number of carbonyl (C=O) groups is 1. The third kappa shape index (κ3) is 1.57. The van der Waals surface area contributed by atoms with Crippen molar-refractivity contribution in [3.8, 4) is 0 Å². The van der Waals surface area contributed by atoms with Crippen molar-refractivity contribution in [3.63, 3.8) is 0 Å². The fourth-order valence-electron chi connectivity index (χ4n) is 4.36. The Balaban J connectivity index is 1.95. The van der Waals surface area contributed by atoms with Crippen LogP contribution in [0.5, 0.6) is 0 Å². The lowest BCUT2D eigenvalue weighted by atomic mass is 9.60. The molecule has 0 bridgehead atoms. The molecule has 106 valence electrons. The smallest absolute Gasteiger partial charge is 0.156 e. The van der Waals surface area contributed by atoms with Gasteiger partial charge in [0, 0.05) is 17.3 Å². The van der Waals surface area contributed by atoms with E-state index in [2.05, 4.69) is 0 Å². The molecule has 0 aromatic heterocycles. The van der Waals surface area contributed by atoms with Crippen LogP contribution in [-0.4, -0.2) is 17.0 Å². The SMILES string of the molecule is [2H]C1=C2C(=C3C=C[C@]4(C)[C@@H](O)CC[C@H]4[C@@H]3CC2([2H])[2H])CC([2H])([2H])C1=O. The first-order chi connectivity index (χ1) is 11.5. The number of ketones is 1. The van der Waals surface area contributed by atoms with E-state index in [0.717, 1.165) is 12.0 Å². The lowest BCUT2D eigenvalue weighted by molar-refractivity contribution is -0.114. The molecule has 0 aromatic carbocycles. The minimum atomic E-state index is -2.16. The van der Waals surface area contributed by atoms with Gasteiger partial charge in [0.15, 0.2) is 5.78 Å². The van der Waals surface area contributed by atoms with Gasteiger partial charge in [0.25, 0.3) is 0 Å². The van der Waals surface area contributed by atoms with Crippen molar-refractivity contribution in [2.45, 2.75) is 51.5 Å². The molecule has 0 heterocycles. The average Bonchev–Trinajstić information content (AvgIpc) is 2.80. The standard InChI is InChI=1S/C18H22O2/c1-18-9-8-14-13-5-3-12(19)10-11(13)2-4-15(14)16(18)6-7-17(18)20/h8-10,15-17,20H,2-7H2,1H3/t15-,16+,17+,18+/m1/s1/i2D2,3D2,10D. The molecule has 0 aromatic rings. The minimum Gasteiger partial charge on any atom is -0.392 e. The summed E-state index contributed by atoms with van der Waals surface area (Å²) in [4.78, 5) is 12.2. The fraction of sp³-hybridized carbons (Fsp3) is 0.611. The maximum Gasteiger partial charge on any atom is 0.156 e. The zero-order valence-electron chi connectivity index (χ0n) is 16.6. The van der Waals surface area contributed by atoms with E-state index in [9.17, 15) is 9.90 Å². The molecule has 0 radical (unpaired) electrons. The predicted octanol–water partition coefficient (Wildman–Crippen LogP) is 3.33. The fourth-order valence-corrected chi connectivity index (χ4v) is 4.36. The minimum absolute atomic E-state index is 0.0747. The molecule has 4 rings (SSSR count). The quantitative estimate of drug-likeness (QED) is 0.736. The Hall–Kier alpha value is -1.15. The van der Waals surface area contributed by atoms with Crippen LogP contribution in [0.3, 0.4) is 0 Å². The summed E-state index contributed by atoms with van der Waals surface area (Å²) >= 11 is 0. The summed E-state index contributed by atoms with van der Waals surface area (Å²) in [6, 6.07) is -0.518. The number of allylic oxidation sites excluding steroid dienone is 5. The highest BCUT2D eigenvalue weighted by molar-refractivity contribution is 5.93. The van der Waals surface area contributed by atoms with Crippen LogP contribution in [0.15, 0.2) is 34.9 Å². The highest BCUT2D eigenvalue weighted by atomic mass is 16.3. The van der Waals surface area contributed by atoms with Gasteiger partial charge in [-0.05, 0) is 66.7 Å². The normalized spacial score (nSPS) is 52.2. The Morgan fingerprint density at radius 2 is 2.25 bits per heavy atom. The number of hydrogen-bond acceptors (Lipinski definition) is 2. The van der Waals surface area contributed by atoms with Crippen molar-refractivity contribution in [2.24, 2.45) is 17.3 Å². The maximum absolute atomic E-state index is 12.2. The Morgan fingerprint density at radius 1 is 1.40 bits per heavy atom. The van der Waals surface area contributed by atoms with Gasteiger partial charge in [-0.2, -0.15) is 0 Å². The van der Waals surface area contributed by atoms with E-state index in [1.807, 2.05) is 19.1 Å². The van der Waals surface area contributed by atoms with E-state index in [-0.39, 0.29) is 35.7 Å². The molecule has 0 spiro atoms. The molecule has 2 nitrogen and oxygen atoms in total. The number of rotatable bonds is 0. The Bertz CT molecular complexity index is 763. The predicted molar refractivity (Wildman–Crippen MR) is 78.1 cm³/mol. The second-order valence-corrected chi connectivity index (χ2v) is 6.50. The Labute approximate surface area is 127 Å². The van der Waals surface area contributed by atoms with Crippen molar-refractivity contribution in [2.75, 3.05) is 0 Å². The van der Waals surface area contributed by atoms with E-state index >= 15 is 0 Å². The molecular weight excluding hydrogens is 248 g/mol. The van der Waals surface area contributed by atoms with Gasteiger partial charge >= 0.3 is 0 Å². The summed E-state index contributed by atoms with van der Waals surface area (Å²) in [5.74, 6) is -0.933. The van der Waals surface area contributed by atoms with Gasteiger partial charge in [0.1, 0.15) is 0 Å². The van der Waals surface area contributed by atoms with Crippen LogP contribution in [0.4, 0.5) is 0 Å². The van der Waals surface area contributed by atoms with Crippen molar-refractivity contribution in [1.82, 2.24) is 0 Å². The number of aliphatic hydroxyl groups is 1. The van der Waals surface area contributed by atoms with Crippen LogP contribution >= 0.6 is 0 Å². The lowest BCUT2D eigenvalue weighted by Crippen LogP contribution is -2.39. The largest absolute Gasteiger partial charge is 0.392 e. The molecule has 1 fully saturated rings. The number of hydrogen-bond donors (Lipinski definition) is 1. The van der Waals surface area contributed by atoms with E-state index in [1.165, 1.54) is 0 Å². The van der Waals surface area contributed by atoms with Crippen LogP contribution in [0.1, 0.15) is 52.2 Å². The summed E-state index contributed by atoms with van der Waals surface area (Å²) in [5.41, 5.74) is 1.04. The molecule has 1 saturated carbocycles. The van der Waals surface area contributed by atoms with Crippen molar-refractivity contribution < 1.29 is 16.8 Å². The highest BCUT2D eigenvalue weighted by Crippen LogP contribution is 2.57. The molecule has 0 saturated heterocycles. The first-order valence-electron chi connectivity index (χ1n) is 9.86. The molecule has 2 heteroatoms. The van der Waals surface area contributed by atoms with Crippen LogP contribution in [0, 0.1) is 17.3 Å². The molecule has 0 amide bonds. The number of fused-ring (bicyclic) bond motifs is 4. The summed E-state index contributed by atoms with van der Waals surface area (Å²) in [6.07, 6.45) is 0.910. The first-order valence-corrected chi connectivity index (χ1v) is 7.36. The summed E-state index contributed by atoms with van der Waals surface area (Å²) < 4.78 is 41.0. The molecule has 0 aliphatic heterocycles. The van der Waals surface area contributed by atoms with Crippen LogP contribution in [0.25, 0.3) is 0 Å². The van der Waals surface area contributed by atoms with Crippen molar-refractivity contribution >= 4 is 5.78 Å². The number of carbonyl (C=O) groups excluding carboxylic acids is 1. The van der Waals surface area contributed by atoms with Crippen LogP contribution in [-0.2, 0) is 4.79 Å².